The van der Waals surface area contributed by atoms with Crippen LogP contribution in [0.15, 0.2) is 24.3 Å². The molecule has 0 bridgehead atoms. The molecule has 74 heavy (non-hydrogen) atoms. The van der Waals surface area contributed by atoms with Crippen LogP contribution >= 0.6 is 7.82 Å². The number of carbonyl (C=O) groups is 1. The number of rotatable bonds is 61. The quantitative estimate of drug-likeness (QED) is 0.0243. The van der Waals surface area contributed by atoms with Crippen LogP contribution in [0.1, 0.15) is 335 Å². The molecular formula is C65H130N2O6P+. The molecule has 0 radical (unpaired) electrons. The molecule has 0 aliphatic rings. The van der Waals surface area contributed by atoms with E-state index < -0.39 is 20.0 Å². The van der Waals surface area contributed by atoms with E-state index >= 15 is 0 Å². The first kappa shape index (κ1) is 73.0. The summed E-state index contributed by atoms with van der Waals surface area (Å²) in [6, 6.07) is -0.846. The lowest BCUT2D eigenvalue weighted by atomic mass is 10.0. The number of amides is 1. The topological polar surface area (TPSA) is 105 Å². The maximum Gasteiger partial charge on any atom is 0.472 e. The van der Waals surface area contributed by atoms with Gasteiger partial charge in [-0.1, -0.05) is 308 Å². The summed E-state index contributed by atoms with van der Waals surface area (Å²) in [5, 5.41) is 14.0. The SMILES string of the molecule is CCCCCCCCCC/C=C\CCCCCCCCCCCCCC(=O)NC(COP(=O)(O)OCC[N+](C)(C)C)C(O)/C=C/CCCCCCCCCCCCCCCCCCCCCCCCCCCCC. The molecule has 3 N–H and O–H groups in total. The Morgan fingerprint density at radius 2 is 0.730 bits per heavy atom. The Labute approximate surface area is 462 Å². The molecule has 9 heteroatoms. The number of aliphatic hydroxyl groups is 1. The van der Waals surface area contributed by atoms with Crippen molar-refractivity contribution in [2.24, 2.45) is 0 Å². The van der Waals surface area contributed by atoms with Crippen LogP contribution in [0.4, 0.5) is 0 Å². The third-order valence-corrected chi connectivity index (χ3v) is 16.1. The van der Waals surface area contributed by atoms with Gasteiger partial charge in [0.25, 0.3) is 0 Å². The van der Waals surface area contributed by atoms with Gasteiger partial charge in [-0.3, -0.25) is 13.8 Å². The van der Waals surface area contributed by atoms with E-state index in [0.29, 0.717) is 17.4 Å². The van der Waals surface area contributed by atoms with Crippen LogP contribution < -0.4 is 5.32 Å². The number of unbranched alkanes of at least 4 members (excludes halogenated alkanes) is 46. The molecule has 0 aromatic carbocycles. The van der Waals surface area contributed by atoms with Crippen molar-refractivity contribution < 1.29 is 32.9 Å². The molecule has 0 aliphatic carbocycles. The molecule has 8 nitrogen and oxygen atoms in total. The molecule has 0 saturated heterocycles. The molecule has 0 aromatic rings. The molecule has 440 valence electrons. The molecule has 0 aliphatic heterocycles. The van der Waals surface area contributed by atoms with E-state index in [9.17, 15) is 19.4 Å². The molecule has 0 spiro atoms. The summed E-state index contributed by atoms with van der Waals surface area (Å²) in [5.74, 6) is -0.172. The van der Waals surface area contributed by atoms with E-state index in [1.807, 2.05) is 27.2 Å². The molecule has 0 saturated carbocycles. The molecule has 0 fully saturated rings. The highest BCUT2D eigenvalue weighted by Crippen LogP contribution is 2.43. The fraction of sp³-hybridized carbons (Fsp3) is 0.923. The normalized spacial score (nSPS) is 13.9. The van der Waals surface area contributed by atoms with Gasteiger partial charge in [0.15, 0.2) is 0 Å². The van der Waals surface area contributed by atoms with Crippen molar-refractivity contribution >= 4 is 13.7 Å². The molecular weight excluding hydrogens is 936 g/mol. The Hall–Kier alpha value is -1.02. The van der Waals surface area contributed by atoms with Crippen molar-refractivity contribution in [3.8, 4) is 0 Å². The predicted molar refractivity (Wildman–Crippen MR) is 323 cm³/mol. The highest BCUT2D eigenvalue weighted by Gasteiger charge is 2.28. The molecule has 0 aromatic heterocycles. The van der Waals surface area contributed by atoms with Crippen LogP contribution in [0.3, 0.4) is 0 Å². The number of phosphoric ester groups is 1. The summed E-state index contributed by atoms with van der Waals surface area (Å²) in [6.45, 7) is 4.87. The van der Waals surface area contributed by atoms with Gasteiger partial charge in [-0.25, -0.2) is 4.57 Å². The number of phosphoric acid groups is 1. The van der Waals surface area contributed by atoms with Crippen molar-refractivity contribution in [1.82, 2.24) is 5.32 Å². The Bertz CT molecular complexity index is 1260. The Balaban J connectivity index is 4.10. The number of hydrogen-bond donors (Lipinski definition) is 3. The van der Waals surface area contributed by atoms with Gasteiger partial charge < -0.3 is 19.8 Å². The van der Waals surface area contributed by atoms with Crippen LogP contribution in [0, 0.1) is 0 Å². The van der Waals surface area contributed by atoms with Crippen molar-refractivity contribution in [1.29, 1.82) is 0 Å². The van der Waals surface area contributed by atoms with E-state index in [-0.39, 0.29) is 19.1 Å². The number of quaternary nitrogens is 1. The lowest BCUT2D eigenvalue weighted by Gasteiger charge is -2.25. The zero-order chi connectivity index (χ0) is 54.2. The van der Waals surface area contributed by atoms with E-state index in [2.05, 4.69) is 31.3 Å². The Morgan fingerprint density at radius 3 is 1.04 bits per heavy atom. The summed E-state index contributed by atoms with van der Waals surface area (Å²) in [6.07, 6.45) is 73.0. The third-order valence-electron chi connectivity index (χ3n) is 15.2. The monoisotopic (exact) mass is 1070 g/mol. The van der Waals surface area contributed by atoms with Crippen LogP contribution in [0.2, 0.25) is 0 Å². The highest BCUT2D eigenvalue weighted by molar-refractivity contribution is 7.47. The lowest BCUT2D eigenvalue weighted by molar-refractivity contribution is -0.870. The number of carbonyl (C=O) groups excluding carboxylic acids is 1. The fourth-order valence-electron chi connectivity index (χ4n) is 10.0. The van der Waals surface area contributed by atoms with Crippen LogP contribution in [-0.4, -0.2) is 73.4 Å². The Kier molecular flexibility index (Phi) is 55.9. The standard InChI is InChI=1S/C65H129N2O6P/c1-6-8-10-12-14-16-18-20-22-24-26-28-30-31-32-33-34-35-37-38-40-42-44-46-48-50-52-54-56-58-64(68)63(62-73-74(70,71)72-61-60-67(3,4)5)66-65(69)59-57-55-53-51-49-47-45-43-41-39-36-29-27-25-23-21-19-17-15-13-11-9-7-2/h25,27,56,58,63-64,68H,6-24,26,28-55,57,59-62H2,1-5H3,(H-,66,69,70,71)/p+1/b27-25-,58-56+. The number of nitrogens with one attached hydrogen (secondary N) is 1. The summed E-state index contributed by atoms with van der Waals surface area (Å²) in [4.78, 5) is 23.4. The first-order chi connectivity index (χ1) is 36.0. The number of hydrogen-bond acceptors (Lipinski definition) is 5. The largest absolute Gasteiger partial charge is 0.472 e. The summed E-state index contributed by atoms with van der Waals surface area (Å²) >= 11 is 0. The minimum atomic E-state index is -4.35. The van der Waals surface area contributed by atoms with Crippen molar-refractivity contribution in [2.75, 3.05) is 40.9 Å². The van der Waals surface area contributed by atoms with E-state index in [1.54, 1.807) is 6.08 Å². The van der Waals surface area contributed by atoms with E-state index in [4.69, 9.17) is 9.05 Å². The second-order valence-corrected chi connectivity index (χ2v) is 25.3. The average molecular weight is 1070 g/mol. The van der Waals surface area contributed by atoms with Gasteiger partial charge in [0.1, 0.15) is 13.2 Å². The van der Waals surface area contributed by atoms with Gasteiger partial charge in [0, 0.05) is 6.42 Å². The predicted octanol–water partition coefficient (Wildman–Crippen LogP) is 20.3. The Morgan fingerprint density at radius 1 is 0.446 bits per heavy atom. The van der Waals surface area contributed by atoms with Crippen LogP contribution in [-0.2, 0) is 18.4 Å². The number of aliphatic hydroxyl groups excluding tert-OH is 1. The van der Waals surface area contributed by atoms with Crippen molar-refractivity contribution in [3.63, 3.8) is 0 Å². The molecule has 0 rings (SSSR count). The minimum absolute atomic E-state index is 0.0634. The van der Waals surface area contributed by atoms with Gasteiger partial charge in [-0.15, -0.1) is 0 Å². The highest BCUT2D eigenvalue weighted by atomic mass is 31.2. The minimum Gasteiger partial charge on any atom is -0.387 e. The number of nitrogens with zero attached hydrogens (tertiary/aromatic N) is 1. The fourth-order valence-corrected chi connectivity index (χ4v) is 10.8. The van der Waals surface area contributed by atoms with Crippen LogP contribution in [0.5, 0.6) is 0 Å². The first-order valence-corrected chi connectivity index (χ1v) is 34.2. The molecule has 1 amide bonds. The van der Waals surface area contributed by atoms with E-state index in [1.165, 1.54) is 283 Å². The van der Waals surface area contributed by atoms with Crippen molar-refractivity contribution in [3.05, 3.63) is 24.3 Å². The van der Waals surface area contributed by atoms with Gasteiger partial charge in [-0.05, 0) is 44.9 Å². The summed E-state index contributed by atoms with van der Waals surface area (Å²) < 4.78 is 23.8. The average Bonchev–Trinajstić information content (AvgIpc) is 3.36. The second kappa shape index (κ2) is 56.7. The summed E-state index contributed by atoms with van der Waals surface area (Å²) in [5.41, 5.74) is 0. The van der Waals surface area contributed by atoms with E-state index in [0.717, 1.165) is 32.1 Å². The summed E-state index contributed by atoms with van der Waals surface area (Å²) in [7, 11) is 1.59. The third kappa shape index (κ3) is 58.7. The molecule has 3 unspecified atom stereocenters. The zero-order valence-corrected chi connectivity index (χ0v) is 51.3. The maximum atomic E-state index is 13.0. The number of allylic oxidation sites excluding steroid dienone is 3. The molecule has 3 atom stereocenters. The van der Waals surface area contributed by atoms with Crippen LogP contribution in [0.25, 0.3) is 0 Å². The molecule has 0 heterocycles. The lowest BCUT2D eigenvalue weighted by Crippen LogP contribution is -2.45. The smallest absolute Gasteiger partial charge is 0.387 e. The van der Waals surface area contributed by atoms with Gasteiger partial charge in [0.2, 0.25) is 5.91 Å². The maximum absolute atomic E-state index is 13.0. The second-order valence-electron chi connectivity index (χ2n) is 23.8. The number of likely N-dealkylation sites (N-methyl/N-ethyl adjacent to an activating group) is 1. The van der Waals surface area contributed by atoms with Crippen molar-refractivity contribution in [2.45, 2.75) is 347 Å². The van der Waals surface area contributed by atoms with Gasteiger partial charge in [0.05, 0.1) is 39.9 Å². The zero-order valence-electron chi connectivity index (χ0n) is 50.4. The van der Waals surface area contributed by atoms with Gasteiger partial charge in [-0.2, -0.15) is 0 Å². The first-order valence-electron chi connectivity index (χ1n) is 32.7. The van der Waals surface area contributed by atoms with Gasteiger partial charge >= 0.3 is 7.82 Å².